The maximum atomic E-state index is 2.40. The molecule has 2 aromatic carbocycles. The van der Waals surface area contributed by atoms with Crippen LogP contribution in [0.2, 0.25) is 0 Å². The predicted molar refractivity (Wildman–Crippen MR) is 91.5 cm³/mol. The topological polar surface area (TPSA) is 0 Å². The fourth-order valence-electron chi connectivity index (χ4n) is 5.12. The highest BCUT2D eigenvalue weighted by molar-refractivity contribution is 6.00. The Hall–Kier alpha value is -2.34. The summed E-state index contributed by atoms with van der Waals surface area (Å²) in [5.41, 5.74) is 6.14. The summed E-state index contributed by atoms with van der Waals surface area (Å²) in [7, 11) is 0. The van der Waals surface area contributed by atoms with E-state index < -0.39 is 0 Å². The molecule has 2 aromatic rings. The maximum Gasteiger partial charge on any atom is 0.0131 e. The number of rotatable bonds is 0. The summed E-state index contributed by atoms with van der Waals surface area (Å²) in [5, 5.41) is 3.11. The first-order valence-electron chi connectivity index (χ1n) is 8.23. The Bertz CT molecular complexity index is 798. The minimum Gasteiger partial charge on any atom is -0.0761 e. The molecule has 4 unspecified atom stereocenters. The molecule has 0 fully saturated rings. The Morgan fingerprint density at radius 1 is 0.409 bits per heavy atom. The van der Waals surface area contributed by atoms with Gasteiger partial charge in [-0.15, -0.1) is 0 Å². The smallest absolute Gasteiger partial charge is 0.0131 e. The molecule has 4 aliphatic rings. The third kappa shape index (κ3) is 1.14. The maximum absolute atomic E-state index is 2.40. The van der Waals surface area contributed by atoms with Crippen LogP contribution in [0.15, 0.2) is 72.9 Å². The van der Waals surface area contributed by atoms with Gasteiger partial charge in [-0.1, -0.05) is 72.9 Å². The first kappa shape index (κ1) is 11.3. The molecule has 0 amide bonds. The highest BCUT2D eigenvalue weighted by Crippen LogP contribution is 2.56. The van der Waals surface area contributed by atoms with E-state index in [1.165, 1.54) is 22.3 Å². The second kappa shape index (κ2) is 3.70. The average Bonchev–Trinajstić information content (AvgIpc) is 3.08. The van der Waals surface area contributed by atoms with E-state index in [1.807, 2.05) is 0 Å². The van der Waals surface area contributed by atoms with Crippen LogP contribution in [-0.4, -0.2) is 0 Å². The van der Waals surface area contributed by atoms with Crippen LogP contribution in [0, 0.1) is 0 Å². The van der Waals surface area contributed by atoms with Gasteiger partial charge in [-0.3, -0.25) is 0 Å². The van der Waals surface area contributed by atoms with E-state index in [0.29, 0.717) is 23.7 Å². The molecule has 0 aliphatic heterocycles. The third-order valence-electron chi connectivity index (χ3n) is 6.00. The van der Waals surface area contributed by atoms with Crippen LogP contribution in [0.3, 0.4) is 0 Å². The molecule has 4 atom stereocenters. The molecule has 6 rings (SSSR count). The number of hydrogen-bond donors (Lipinski definition) is 0. The summed E-state index contributed by atoms with van der Waals surface area (Å²) in [6, 6.07) is 9.59. The zero-order valence-electron chi connectivity index (χ0n) is 12.2. The zero-order valence-corrected chi connectivity index (χ0v) is 12.2. The summed E-state index contributed by atoms with van der Waals surface area (Å²) in [5.74, 6) is 2.16. The lowest BCUT2D eigenvalue weighted by Gasteiger charge is -2.19. The van der Waals surface area contributed by atoms with Gasteiger partial charge in [0.15, 0.2) is 0 Å². The first-order valence-corrected chi connectivity index (χ1v) is 8.23. The lowest BCUT2D eigenvalue weighted by atomic mass is 9.84. The van der Waals surface area contributed by atoms with Gasteiger partial charge < -0.3 is 0 Å². The van der Waals surface area contributed by atoms with Crippen molar-refractivity contribution in [2.75, 3.05) is 0 Å². The molecule has 0 spiro atoms. The van der Waals surface area contributed by atoms with Crippen molar-refractivity contribution in [1.82, 2.24) is 0 Å². The van der Waals surface area contributed by atoms with Crippen molar-refractivity contribution in [3.63, 3.8) is 0 Å². The monoisotopic (exact) mass is 280 g/mol. The minimum absolute atomic E-state index is 0.540. The summed E-state index contributed by atoms with van der Waals surface area (Å²) in [4.78, 5) is 0. The zero-order chi connectivity index (χ0) is 14.3. The van der Waals surface area contributed by atoms with Crippen LogP contribution >= 0.6 is 0 Å². The summed E-state index contributed by atoms with van der Waals surface area (Å²) < 4.78 is 0. The molecule has 0 bridgehead atoms. The lowest BCUT2D eigenvalue weighted by molar-refractivity contribution is 0.758. The minimum atomic E-state index is 0.540. The van der Waals surface area contributed by atoms with Crippen molar-refractivity contribution in [2.45, 2.75) is 23.7 Å². The molecule has 0 radical (unpaired) electrons. The van der Waals surface area contributed by atoms with E-state index in [4.69, 9.17) is 0 Å². The van der Waals surface area contributed by atoms with Crippen molar-refractivity contribution in [2.24, 2.45) is 0 Å². The molecular formula is C22H16. The fraction of sp³-hybridized carbons (Fsp3) is 0.182. The molecule has 4 aliphatic carbocycles. The van der Waals surface area contributed by atoms with Crippen LogP contribution in [0.1, 0.15) is 45.9 Å². The van der Waals surface area contributed by atoms with Gasteiger partial charge in [0.2, 0.25) is 0 Å². The molecule has 0 aromatic heterocycles. The average molecular weight is 280 g/mol. The van der Waals surface area contributed by atoms with Crippen LogP contribution in [0.4, 0.5) is 0 Å². The van der Waals surface area contributed by atoms with E-state index in [9.17, 15) is 0 Å². The second-order valence-electron chi connectivity index (χ2n) is 6.88. The molecule has 104 valence electrons. The molecule has 0 N–H and O–H groups in total. The van der Waals surface area contributed by atoms with E-state index in [1.54, 1.807) is 10.8 Å². The highest BCUT2D eigenvalue weighted by Gasteiger charge is 2.38. The molecular weight excluding hydrogens is 264 g/mol. The first-order chi connectivity index (χ1) is 10.9. The van der Waals surface area contributed by atoms with Crippen LogP contribution in [-0.2, 0) is 0 Å². The van der Waals surface area contributed by atoms with Crippen molar-refractivity contribution in [3.05, 3.63) is 95.1 Å². The predicted octanol–water partition coefficient (Wildman–Crippen LogP) is 5.45. The lowest BCUT2D eigenvalue weighted by Crippen LogP contribution is -2.04. The van der Waals surface area contributed by atoms with Gasteiger partial charge in [0, 0.05) is 23.7 Å². The van der Waals surface area contributed by atoms with Crippen LogP contribution in [0.25, 0.3) is 10.8 Å². The molecule has 0 saturated heterocycles. The van der Waals surface area contributed by atoms with Crippen molar-refractivity contribution in [1.29, 1.82) is 0 Å². The molecule has 22 heavy (non-hydrogen) atoms. The van der Waals surface area contributed by atoms with E-state index >= 15 is 0 Å². The summed E-state index contributed by atoms with van der Waals surface area (Å²) in [6.07, 6.45) is 18.3. The standard InChI is InChI=1S/C22H16/c1-2-6-14-13(5-1)17-9-10-19-15-7-3-4-8-16(15)20-12-11-18(14)21(17)22(19)20/h1-16H. The summed E-state index contributed by atoms with van der Waals surface area (Å²) >= 11 is 0. The van der Waals surface area contributed by atoms with E-state index in [2.05, 4.69) is 72.9 Å². The highest BCUT2D eigenvalue weighted by atomic mass is 14.4. The number of allylic oxidation sites excluding steroid dienone is 8. The van der Waals surface area contributed by atoms with Gasteiger partial charge in [0.1, 0.15) is 0 Å². The van der Waals surface area contributed by atoms with Gasteiger partial charge in [-0.2, -0.15) is 0 Å². The Kier molecular flexibility index (Phi) is 1.89. The molecule has 0 saturated carbocycles. The quantitative estimate of drug-likeness (QED) is 0.601. The molecule has 0 heterocycles. The largest absolute Gasteiger partial charge is 0.0761 e. The van der Waals surface area contributed by atoms with Gasteiger partial charge in [-0.05, 0) is 33.0 Å². The van der Waals surface area contributed by atoms with Gasteiger partial charge in [0.05, 0.1) is 0 Å². The van der Waals surface area contributed by atoms with Crippen molar-refractivity contribution >= 4 is 10.8 Å². The fourth-order valence-corrected chi connectivity index (χ4v) is 5.12. The van der Waals surface area contributed by atoms with E-state index in [-0.39, 0.29) is 0 Å². The Morgan fingerprint density at radius 2 is 0.682 bits per heavy atom. The molecule has 0 heteroatoms. The Balaban J connectivity index is 1.76. The summed E-state index contributed by atoms with van der Waals surface area (Å²) in [6.45, 7) is 0. The third-order valence-corrected chi connectivity index (χ3v) is 6.00. The number of hydrogen-bond acceptors (Lipinski definition) is 0. The number of benzene rings is 2. The Morgan fingerprint density at radius 3 is 0.955 bits per heavy atom. The van der Waals surface area contributed by atoms with Crippen LogP contribution in [0.5, 0.6) is 0 Å². The normalized spacial score (nSPS) is 31.8. The van der Waals surface area contributed by atoms with Gasteiger partial charge in [-0.25, -0.2) is 0 Å². The van der Waals surface area contributed by atoms with Crippen molar-refractivity contribution in [3.8, 4) is 0 Å². The number of fused-ring (bicyclic) bond motifs is 6. The van der Waals surface area contributed by atoms with Gasteiger partial charge in [0.25, 0.3) is 0 Å². The molecule has 0 nitrogen and oxygen atoms in total. The second-order valence-corrected chi connectivity index (χ2v) is 6.88. The van der Waals surface area contributed by atoms with E-state index in [0.717, 1.165) is 0 Å². The van der Waals surface area contributed by atoms with Crippen molar-refractivity contribution < 1.29 is 0 Å². The van der Waals surface area contributed by atoms with Crippen LogP contribution < -0.4 is 0 Å². The van der Waals surface area contributed by atoms with Gasteiger partial charge >= 0.3 is 0 Å². The SMILES string of the molecule is C1=CC2c3ccc4c5c(ccc(c35)C2C=C1)C1C=CC=CC41. The Labute approximate surface area is 130 Å².